The van der Waals surface area contributed by atoms with E-state index in [-0.39, 0.29) is 23.3 Å². The maximum atomic E-state index is 11.4. The molecule has 0 aliphatic carbocycles. The standard InChI is InChI=1S/C8H16N4O/c1-8(2)5(4-11-7(9)10)6(13)12(8)3/h5H,4H2,1-3H3,(H4,9,10,11). The van der Waals surface area contributed by atoms with Crippen LogP contribution >= 0.6 is 0 Å². The maximum absolute atomic E-state index is 11.4. The highest BCUT2D eigenvalue weighted by molar-refractivity contribution is 5.88. The van der Waals surface area contributed by atoms with Crippen LogP contribution in [-0.2, 0) is 4.79 Å². The fourth-order valence-electron chi connectivity index (χ4n) is 1.49. The van der Waals surface area contributed by atoms with E-state index in [1.807, 2.05) is 13.8 Å². The first-order valence-corrected chi connectivity index (χ1v) is 4.20. The minimum Gasteiger partial charge on any atom is -0.370 e. The van der Waals surface area contributed by atoms with E-state index in [1.165, 1.54) is 0 Å². The lowest BCUT2D eigenvalue weighted by atomic mass is 9.76. The topological polar surface area (TPSA) is 84.7 Å². The van der Waals surface area contributed by atoms with Crippen molar-refractivity contribution in [2.24, 2.45) is 22.4 Å². The largest absolute Gasteiger partial charge is 0.370 e. The predicted molar refractivity (Wildman–Crippen MR) is 51.0 cm³/mol. The molecular weight excluding hydrogens is 168 g/mol. The first-order valence-electron chi connectivity index (χ1n) is 4.20. The number of carbonyl (C=O) groups is 1. The van der Waals surface area contributed by atoms with Gasteiger partial charge in [-0.05, 0) is 13.8 Å². The number of carbonyl (C=O) groups excluding carboxylic acids is 1. The highest BCUT2D eigenvalue weighted by Crippen LogP contribution is 2.35. The highest BCUT2D eigenvalue weighted by atomic mass is 16.2. The average Bonchev–Trinajstić information content (AvgIpc) is 2.02. The summed E-state index contributed by atoms with van der Waals surface area (Å²) in [5.74, 6) is 0.0627. The van der Waals surface area contributed by atoms with Gasteiger partial charge in [0.25, 0.3) is 0 Å². The number of likely N-dealkylation sites (tertiary alicyclic amines) is 1. The molecule has 1 atom stereocenters. The van der Waals surface area contributed by atoms with Gasteiger partial charge in [0.2, 0.25) is 5.91 Å². The normalized spacial score (nSPS) is 25.3. The molecule has 5 nitrogen and oxygen atoms in total. The van der Waals surface area contributed by atoms with E-state index >= 15 is 0 Å². The molecule has 0 bridgehead atoms. The van der Waals surface area contributed by atoms with Crippen LogP contribution in [0.2, 0.25) is 0 Å². The van der Waals surface area contributed by atoms with Crippen molar-refractivity contribution in [3.8, 4) is 0 Å². The maximum Gasteiger partial charge on any atom is 0.230 e. The average molecular weight is 184 g/mol. The molecule has 13 heavy (non-hydrogen) atoms. The van der Waals surface area contributed by atoms with Crippen LogP contribution in [0.15, 0.2) is 4.99 Å². The molecule has 0 aromatic heterocycles. The van der Waals surface area contributed by atoms with Crippen LogP contribution in [0.3, 0.4) is 0 Å². The Morgan fingerprint density at radius 3 is 2.54 bits per heavy atom. The zero-order valence-corrected chi connectivity index (χ0v) is 8.24. The van der Waals surface area contributed by atoms with Gasteiger partial charge < -0.3 is 16.4 Å². The zero-order chi connectivity index (χ0) is 10.2. The predicted octanol–water partition coefficient (Wildman–Crippen LogP) is -0.873. The van der Waals surface area contributed by atoms with Crippen molar-refractivity contribution >= 4 is 11.9 Å². The van der Waals surface area contributed by atoms with Gasteiger partial charge in [0, 0.05) is 7.05 Å². The summed E-state index contributed by atoms with van der Waals surface area (Å²) in [6, 6.07) is 0. The molecule has 1 rings (SSSR count). The van der Waals surface area contributed by atoms with Gasteiger partial charge in [-0.1, -0.05) is 0 Å². The monoisotopic (exact) mass is 184 g/mol. The Balaban J connectivity index is 2.63. The van der Waals surface area contributed by atoms with Crippen LogP contribution in [0.5, 0.6) is 0 Å². The summed E-state index contributed by atoms with van der Waals surface area (Å²) in [6.45, 7) is 4.39. The molecule has 0 aromatic rings. The summed E-state index contributed by atoms with van der Waals surface area (Å²) in [5, 5.41) is 0. The molecule has 0 saturated carbocycles. The van der Waals surface area contributed by atoms with Crippen molar-refractivity contribution in [2.45, 2.75) is 19.4 Å². The molecule has 1 amide bonds. The smallest absolute Gasteiger partial charge is 0.230 e. The lowest BCUT2D eigenvalue weighted by molar-refractivity contribution is -0.162. The SMILES string of the molecule is CN1C(=O)C(CN=C(N)N)C1(C)C. The second kappa shape index (κ2) is 2.90. The number of amides is 1. The van der Waals surface area contributed by atoms with Crippen LogP contribution < -0.4 is 11.5 Å². The van der Waals surface area contributed by atoms with Crippen molar-refractivity contribution in [1.82, 2.24) is 4.90 Å². The third-order valence-electron chi connectivity index (χ3n) is 2.80. The van der Waals surface area contributed by atoms with Gasteiger partial charge in [-0.3, -0.25) is 9.79 Å². The molecule has 1 saturated heterocycles. The molecule has 74 valence electrons. The minimum absolute atomic E-state index is 0.0400. The van der Waals surface area contributed by atoms with Crippen molar-refractivity contribution in [2.75, 3.05) is 13.6 Å². The van der Waals surface area contributed by atoms with Gasteiger partial charge in [-0.25, -0.2) is 0 Å². The second-order valence-corrected chi connectivity index (χ2v) is 3.87. The summed E-state index contributed by atoms with van der Waals surface area (Å²) < 4.78 is 0. The van der Waals surface area contributed by atoms with E-state index in [0.717, 1.165) is 0 Å². The molecule has 1 aliphatic rings. The molecule has 0 aromatic carbocycles. The number of guanidine groups is 1. The minimum atomic E-state index is -0.129. The van der Waals surface area contributed by atoms with Crippen LogP contribution in [0.4, 0.5) is 0 Å². The number of hydrogen-bond acceptors (Lipinski definition) is 2. The number of nitrogens with two attached hydrogens (primary N) is 2. The van der Waals surface area contributed by atoms with Gasteiger partial charge in [-0.15, -0.1) is 0 Å². The molecule has 4 N–H and O–H groups in total. The second-order valence-electron chi connectivity index (χ2n) is 3.87. The van der Waals surface area contributed by atoms with E-state index in [9.17, 15) is 4.79 Å². The quantitative estimate of drug-likeness (QED) is 0.332. The Morgan fingerprint density at radius 2 is 2.15 bits per heavy atom. The summed E-state index contributed by atoms with van der Waals surface area (Å²) in [4.78, 5) is 16.9. The van der Waals surface area contributed by atoms with Crippen molar-refractivity contribution in [3.05, 3.63) is 0 Å². The van der Waals surface area contributed by atoms with Gasteiger partial charge >= 0.3 is 0 Å². The molecule has 1 fully saturated rings. The molecule has 0 radical (unpaired) electrons. The van der Waals surface area contributed by atoms with Gasteiger partial charge in [0.05, 0.1) is 18.0 Å². The lowest BCUT2D eigenvalue weighted by Crippen LogP contribution is -2.67. The first kappa shape index (κ1) is 9.83. The van der Waals surface area contributed by atoms with E-state index in [1.54, 1.807) is 11.9 Å². The lowest BCUT2D eigenvalue weighted by Gasteiger charge is -2.51. The number of β-lactam (4-membered cyclic amide) rings is 1. The summed E-state index contributed by atoms with van der Waals surface area (Å²) >= 11 is 0. The summed E-state index contributed by atoms with van der Waals surface area (Å²) in [5.41, 5.74) is 10.3. The Labute approximate surface area is 77.8 Å². The molecule has 1 heterocycles. The van der Waals surface area contributed by atoms with Gasteiger partial charge in [0.1, 0.15) is 0 Å². The Bertz CT molecular complexity index is 255. The number of nitrogens with zero attached hydrogens (tertiary/aromatic N) is 2. The van der Waals surface area contributed by atoms with E-state index in [2.05, 4.69) is 4.99 Å². The van der Waals surface area contributed by atoms with Crippen LogP contribution in [0.25, 0.3) is 0 Å². The first-order chi connectivity index (χ1) is 5.87. The zero-order valence-electron chi connectivity index (χ0n) is 8.24. The third kappa shape index (κ3) is 1.46. The Kier molecular flexibility index (Phi) is 2.19. The fourth-order valence-corrected chi connectivity index (χ4v) is 1.49. The molecule has 1 aliphatic heterocycles. The fraction of sp³-hybridized carbons (Fsp3) is 0.750. The van der Waals surface area contributed by atoms with Crippen molar-refractivity contribution < 1.29 is 4.79 Å². The van der Waals surface area contributed by atoms with E-state index in [0.29, 0.717) is 6.54 Å². The van der Waals surface area contributed by atoms with Crippen LogP contribution in [0.1, 0.15) is 13.8 Å². The van der Waals surface area contributed by atoms with Crippen molar-refractivity contribution in [1.29, 1.82) is 0 Å². The van der Waals surface area contributed by atoms with Crippen molar-refractivity contribution in [3.63, 3.8) is 0 Å². The van der Waals surface area contributed by atoms with Crippen LogP contribution in [-0.4, -0.2) is 35.9 Å². The molecular formula is C8H16N4O. The van der Waals surface area contributed by atoms with E-state index in [4.69, 9.17) is 11.5 Å². The Morgan fingerprint density at radius 1 is 1.62 bits per heavy atom. The van der Waals surface area contributed by atoms with Crippen LogP contribution in [0, 0.1) is 5.92 Å². The molecule has 0 spiro atoms. The van der Waals surface area contributed by atoms with Gasteiger partial charge in [0.15, 0.2) is 5.96 Å². The molecule has 1 unspecified atom stereocenters. The number of rotatable bonds is 2. The highest BCUT2D eigenvalue weighted by Gasteiger charge is 2.51. The molecule has 5 heteroatoms. The Hall–Kier alpha value is -1.26. The summed E-state index contributed by atoms with van der Waals surface area (Å²) in [6.07, 6.45) is 0. The van der Waals surface area contributed by atoms with Gasteiger partial charge in [-0.2, -0.15) is 0 Å². The number of hydrogen-bond donors (Lipinski definition) is 2. The van der Waals surface area contributed by atoms with E-state index < -0.39 is 0 Å². The number of aliphatic imine (C=N–C) groups is 1. The third-order valence-corrected chi connectivity index (χ3v) is 2.80. The summed E-state index contributed by atoms with van der Waals surface area (Å²) in [7, 11) is 1.79.